The molecule has 0 amide bonds. The summed E-state index contributed by atoms with van der Waals surface area (Å²) in [5.41, 5.74) is 0. The third kappa shape index (κ3) is 3.67. The number of carboxylic acid groups (broad SMARTS) is 1. The van der Waals surface area contributed by atoms with Gasteiger partial charge in [0.15, 0.2) is 11.6 Å². The number of ether oxygens (including phenoxy) is 1. The van der Waals surface area contributed by atoms with Crippen molar-refractivity contribution < 1.29 is 19.0 Å². The van der Waals surface area contributed by atoms with Crippen LogP contribution in [0.3, 0.4) is 0 Å². The maximum absolute atomic E-state index is 13.3. The number of likely N-dealkylation sites (tertiary alicyclic amines) is 1. The second kappa shape index (κ2) is 6.52. The maximum Gasteiger partial charge on any atom is 0.320 e. The van der Waals surface area contributed by atoms with Crippen LogP contribution in [-0.4, -0.2) is 41.7 Å². The quantitative estimate of drug-likeness (QED) is 0.802. The molecule has 1 fully saturated rings. The zero-order valence-electron chi connectivity index (χ0n) is 10.7. The van der Waals surface area contributed by atoms with Gasteiger partial charge in [-0.3, -0.25) is 9.69 Å². The molecule has 1 aliphatic rings. The minimum Gasteiger partial charge on any atom is -0.490 e. The fourth-order valence-electron chi connectivity index (χ4n) is 2.38. The first-order chi connectivity index (χ1) is 9.18. The molecule has 1 N–H and O–H groups in total. The summed E-state index contributed by atoms with van der Waals surface area (Å²) in [4.78, 5) is 12.9. The first-order valence-corrected chi connectivity index (χ1v) is 6.52. The van der Waals surface area contributed by atoms with E-state index in [0.29, 0.717) is 26.0 Å². The van der Waals surface area contributed by atoms with Crippen molar-refractivity contribution in [3.05, 3.63) is 30.1 Å². The minimum absolute atomic E-state index is 0.249. The highest BCUT2D eigenvalue weighted by Gasteiger charge is 2.29. The lowest BCUT2D eigenvalue weighted by atomic mass is 10.2. The van der Waals surface area contributed by atoms with Gasteiger partial charge in [0.05, 0.1) is 6.61 Å². The second-order valence-electron chi connectivity index (χ2n) is 4.66. The van der Waals surface area contributed by atoms with E-state index >= 15 is 0 Å². The number of carbonyl (C=O) groups is 1. The van der Waals surface area contributed by atoms with Crippen LogP contribution in [0, 0.1) is 5.82 Å². The molecule has 0 aromatic heterocycles. The minimum atomic E-state index is -0.757. The van der Waals surface area contributed by atoms with Crippen LogP contribution in [0.1, 0.15) is 19.3 Å². The highest BCUT2D eigenvalue weighted by molar-refractivity contribution is 5.73. The number of halogens is 1. The van der Waals surface area contributed by atoms with Gasteiger partial charge in [0.25, 0.3) is 0 Å². The van der Waals surface area contributed by atoms with Gasteiger partial charge in [0.2, 0.25) is 0 Å². The van der Waals surface area contributed by atoms with E-state index < -0.39 is 5.97 Å². The molecule has 1 heterocycles. The van der Waals surface area contributed by atoms with Crippen LogP contribution in [-0.2, 0) is 4.79 Å². The van der Waals surface area contributed by atoms with Crippen molar-refractivity contribution in [3.63, 3.8) is 0 Å². The van der Waals surface area contributed by atoms with Gasteiger partial charge in [-0.2, -0.15) is 0 Å². The molecule has 0 aliphatic carbocycles. The maximum atomic E-state index is 13.3. The number of carboxylic acids is 1. The Morgan fingerprint density at radius 2 is 2.26 bits per heavy atom. The molecule has 0 radical (unpaired) electrons. The molecular formula is C14H18FNO3. The topological polar surface area (TPSA) is 49.8 Å². The highest BCUT2D eigenvalue weighted by Crippen LogP contribution is 2.18. The average molecular weight is 267 g/mol. The van der Waals surface area contributed by atoms with Gasteiger partial charge in [-0.25, -0.2) is 4.39 Å². The molecular weight excluding hydrogens is 249 g/mol. The Balaban J connectivity index is 1.72. The molecule has 1 saturated heterocycles. The van der Waals surface area contributed by atoms with E-state index in [2.05, 4.69) is 0 Å². The standard InChI is InChI=1S/C14H18FNO3/c15-11-5-1-2-7-13(11)19-10-4-9-16-8-3-6-12(16)14(17)18/h1-2,5,7,12H,3-4,6,8-10H2,(H,17,18). The number of benzene rings is 1. The molecule has 0 saturated carbocycles. The lowest BCUT2D eigenvalue weighted by molar-refractivity contribution is -0.142. The zero-order valence-corrected chi connectivity index (χ0v) is 10.7. The number of para-hydroxylation sites is 1. The molecule has 1 aromatic carbocycles. The second-order valence-corrected chi connectivity index (χ2v) is 4.66. The largest absolute Gasteiger partial charge is 0.490 e. The van der Waals surface area contributed by atoms with Gasteiger partial charge in [-0.1, -0.05) is 12.1 Å². The van der Waals surface area contributed by atoms with Crippen LogP contribution < -0.4 is 4.74 Å². The van der Waals surface area contributed by atoms with Crippen LogP contribution in [0.15, 0.2) is 24.3 Å². The summed E-state index contributed by atoms with van der Waals surface area (Å²) in [6, 6.07) is 5.92. The molecule has 5 heteroatoms. The summed E-state index contributed by atoms with van der Waals surface area (Å²) < 4.78 is 18.6. The molecule has 1 aliphatic heterocycles. The van der Waals surface area contributed by atoms with Crippen molar-refractivity contribution in [2.45, 2.75) is 25.3 Å². The third-order valence-corrected chi connectivity index (χ3v) is 3.33. The summed E-state index contributed by atoms with van der Waals surface area (Å²) in [5, 5.41) is 9.03. The van der Waals surface area contributed by atoms with Crippen LogP contribution in [0.4, 0.5) is 4.39 Å². The van der Waals surface area contributed by atoms with Crippen molar-refractivity contribution >= 4 is 5.97 Å². The lowest BCUT2D eigenvalue weighted by Gasteiger charge is -2.20. The Bertz CT molecular complexity index is 438. The first-order valence-electron chi connectivity index (χ1n) is 6.52. The fourth-order valence-corrected chi connectivity index (χ4v) is 2.38. The first kappa shape index (κ1) is 13.8. The van der Waals surface area contributed by atoms with E-state index in [0.717, 1.165) is 13.0 Å². The van der Waals surface area contributed by atoms with E-state index in [1.54, 1.807) is 18.2 Å². The molecule has 1 aromatic rings. The predicted molar refractivity (Wildman–Crippen MR) is 68.7 cm³/mol. The van der Waals surface area contributed by atoms with E-state index in [4.69, 9.17) is 9.84 Å². The Labute approximate surface area is 111 Å². The van der Waals surface area contributed by atoms with Crippen LogP contribution >= 0.6 is 0 Å². The van der Waals surface area contributed by atoms with Crippen molar-refractivity contribution in [1.82, 2.24) is 4.90 Å². The molecule has 0 bridgehead atoms. The summed E-state index contributed by atoms with van der Waals surface area (Å²) in [5.74, 6) is -0.877. The SMILES string of the molecule is O=C(O)C1CCCN1CCCOc1ccccc1F. The number of hydrogen-bond donors (Lipinski definition) is 1. The predicted octanol–water partition coefficient (Wildman–Crippen LogP) is 2.14. The monoisotopic (exact) mass is 267 g/mol. The Hall–Kier alpha value is -1.62. The van der Waals surface area contributed by atoms with E-state index in [-0.39, 0.29) is 17.6 Å². The van der Waals surface area contributed by atoms with Gasteiger partial charge >= 0.3 is 5.97 Å². The third-order valence-electron chi connectivity index (χ3n) is 3.33. The van der Waals surface area contributed by atoms with Gasteiger partial charge < -0.3 is 9.84 Å². The Kier molecular flexibility index (Phi) is 4.74. The number of nitrogens with zero attached hydrogens (tertiary/aromatic N) is 1. The van der Waals surface area contributed by atoms with Gasteiger partial charge in [-0.15, -0.1) is 0 Å². The molecule has 0 spiro atoms. The van der Waals surface area contributed by atoms with Crippen LogP contribution in [0.2, 0.25) is 0 Å². The van der Waals surface area contributed by atoms with Gasteiger partial charge in [-0.05, 0) is 37.9 Å². The van der Waals surface area contributed by atoms with E-state index in [1.807, 2.05) is 4.90 Å². The molecule has 2 rings (SSSR count). The normalized spacial score (nSPS) is 19.5. The molecule has 1 atom stereocenters. The van der Waals surface area contributed by atoms with Crippen molar-refractivity contribution in [3.8, 4) is 5.75 Å². The van der Waals surface area contributed by atoms with E-state index in [1.165, 1.54) is 6.07 Å². The molecule has 19 heavy (non-hydrogen) atoms. The van der Waals surface area contributed by atoms with Gasteiger partial charge in [0.1, 0.15) is 6.04 Å². The van der Waals surface area contributed by atoms with Crippen LogP contribution in [0.25, 0.3) is 0 Å². The van der Waals surface area contributed by atoms with Crippen molar-refractivity contribution in [2.75, 3.05) is 19.7 Å². The number of hydrogen-bond acceptors (Lipinski definition) is 3. The summed E-state index contributed by atoms with van der Waals surface area (Å²) >= 11 is 0. The molecule has 104 valence electrons. The Morgan fingerprint density at radius 1 is 1.47 bits per heavy atom. The highest BCUT2D eigenvalue weighted by atomic mass is 19.1. The van der Waals surface area contributed by atoms with E-state index in [9.17, 15) is 9.18 Å². The summed E-state index contributed by atoms with van der Waals surface area (Å²) in [6.07, 6.45) is 2.33. The zero-order chi connectivity index (χ0) is 13.7. The number of aliphatic carboxylic acids is 1. The smallest absolute Gasteiger partial charge is 0.320 e. The molecule has 1 unspecified atom stereocenters. The Morgan fingerprint density at radius 3 is 3.00 bits per heavy atom. The summed E-state index contributed by atoms with van der Waals surface area (Å²) in [6.45, 7) is 1.88. The molecule has 4 nitrogen and oxygen atoms in total. The lowest BCUT2D eigenvalue weighted by Crippen LogP contribution is -2.36. The number of rotatable bonds is 6. The summed E-state index contributed by atoms with van der Waals surface area (Å²) in [7, 11) is 0. The van der Waals surface area contributed by atoms with Gasteiger partial charge in [0, 0.05) is 6.54 Å². The average Bonchev–Trinajstić information content (AvgIpc) is 2.85. The van der Waals surface area contributed by atoms with Crippen molar-refractivity contribution in [1.29, 1.82) is 0 Å². The van der Waals surface area contributed by atoms with Crippen molar-refractivity contribution in [2.24, 2.45) is 0 Å². The fraction of sp³-hybridized carbons (Fsp3) is 0.500. The van der Waals surface area contributed by atoms with Crippen LogP contribution in [0.5, 0.6) is 5.75 Å².